The second-order valence-electron chi connectivity index (χ2n) is 9.27. The van der Waals surface area contributed by atoms with Crippen molar-refractivity contribution in [2.24, 2.45) is 7.05 Å². The molecular formula is C23H25ClFN7O2. The van der Waals surface area contributed by atoms with Gasteiger partial charge in [-0.2, -0.15) is 9.97 Å². The summed E-state index contributed by atoms with van der Waals surface area (Å²) in [5, 5.41) is 10.5. The van der Waals surface area contributed by atoms with Gasteiger partial charge in [0.15, 0.2) is 11.5 Å². The van der Waals surface area contributed by atoms with Crippen molar-refractivity contribution in [1.82, 2.24) is 28.7 Å². The van der Waals surface area contributed by atoms with Crippen molar-refractivity contribution in [3.05, 3.63) is 40.0 Å². The van der Waals surface area contributed by atoms with Gasteiger partial charge in [-0.25, -0.2) is 14.2 Å². The molecule has 1 aliphatic heterocycles. The average molecular weight is 486 g/mol. The van der Waals surface area contributed by atoms with Gasteiger partial charge in [-0.1, -0.05) is 11.6 Å². The number of hydrogen-bond donors (Lipinski definition) is 1. The van der Waals surface area contributed by atoms with Gasteiger partial charge in [0, 0.05) is 24.7 Å². The Morgan fingerprint density at radius 2 is 1.94 bits per heavy atom. The molecule has 0 spiro atoms. The SMILES string of the molecule is Cn1c(=O)n(C2CCC(O)CC2)c2nc(-n3cnc4ccc(Cl)cc43)nc(N3CC[C@@H](F)C3)c21. The molecule has 1 saturated heterocycles. The van der Waals surface area contributed by atoms with Gasteiger partial charge >= 0.3 is 5.69 Å². The summed E-state index contributed by atoms with van der Waals surface area (Å²) in [6, 6.07) is 5.32. The van der Waals surface area contributed by atoms with Crippen LogP contribution < -0.4 is 10.6 Å². The van der Waals surface area contributed by atoms with Crippen LogP contribution in [0.1, 0.15) is 38.1 Å². The maximum absolute atomic E-state index is 14.2. The second-order valence-corrected chi connectivity index (χ2v) is 9.71. The molecule has 2 aliphatic rings. The van der Waals surface area contributed by atoms with Crippen LogP contribution in [0, 0.1) is 0 Å². The van der Waals surface area contributed by atoms with Crippen molar-refractivity contribution in [3.8, 4) is 5.95 Å². The summed E-state index contributed by atoms with van der Waals surface area (Å²) in [6.07, 6.45) is 3.42. The molecule has 0 bridgehead atoms. The molecule has 4 aromatic rings. The van der Waals surface area contributed by atoms with E-state index in [1.165, 1.54) is 0 Å². The predicted octanol–water partition coefficient (Wildman–Crippen LogP) is 3.15. The number of nitrogens with zero attached hydrogens (tertiary/aromatic N) is 7. The monoisotopic (exact) mass is 485 g/mol. The number of aliphatic hydroxyl groups excluding tert-OH is 1. The molecule has 6 rings (SSSR count). The first-order valence-electron chi connectivity index (χ1n) is 11.6. The molecule has 1 atom stereocenters. The van der Waals surface area contributed by atoms with Gasteiger partial charge in [0.25, 0.3) is 0 Å². The topological polar surface area (TPSA) is 94.0 Å². The molecule has 1 aromatic carbocycles. The Kier molecular flexibility index (Phi) is 5.11. The third kappa shape index (κ3) is 3.39. The van der Waals surface area contributed by atoms with E-state index in [9.17, 15) is 14.3 Å². The van der Waals surface area contributed by atoms with E-state index in [4.69, 9.17) is 21.6 Å². The van der Waals surface area contributed by atoms with Crippen LogP contribution in [0.15, 0.2) is 29.3 Å². The molecule has 1 aliphatic carbocycles. The molecular weight excluding hydrogens is 461 g/mol. The molecule has 0 amide bonds. The van der Waals surface area contributed by atoms with Gasteiger partial charge in [-0.3, -0.25) is 13.7 Å². The normalized spacial score (nSPS) is 23.4. The lowest BCUT2D eigenvalue weighted by molar-refractivity contribution is 0.110. The number of benzene rings is 1. The first-order chi connectivity index (χ1) is 16.4. The van der Waals surface area contributed by atoms with E-state index >= 15 is 0 Å². The van der Waals surface area contributed by atoms with Gasteiger partial charge in [-0.15, -0.1) is 0 Å². The minimum atomic E-state index is -0.944. The third-order valence-corrected chi connectivity index (χ3v) is 7.31. The Hall–Kier alpha value is -2.98. The summed E-state index contributed by atoms with van der Waals surface area (Å²) >= 11 is 6.24. The minimum absolute atomic E-state index is 0.0725. The van der Waals surface area contributed by atoms with Crippen LogP contribution in [0.4, 0.5) is 10.2 Å². The van der Waals surface area contributed by atoms with E-state index in [0.29, 0.717) is 66.6 Å². The number of fused-ring (bicyclic) bond motifs is 2. The number of aryl methyl sites for hydroxylation is 1. The lowest BCUT2D eigenvalue weighted by Gasteiger charge is -2.26. The first-order valence-corrected chi connectivity index (χ1v) is 12.0. The molecule has 11 heteroatoms. The average Bonchev–Trinajstić information content (AvgIpc) is 3.51. The third-order valence-electron chi connectivity index (χ3n) is 7.08. The van der Waals surface area contributed by atoms with Crippen LogP contribution in [0.25, 0.3) is 28.1 Å². The van der Waals surface area contributed by atoms with Gasteiger partial charge in [0.2, 0.25) is 5.95 Å². The van der Waals surface area contributed by atoms with Crippen molar-refractivity contribution in [3.63, 3.8) is 0 Å². The van der Waals surface area contributed by atoms with Gasteiger partial charge in [0.1, 0.15) is 18.0 Å². The summed E-state index contributed by atoms with van der Waals surface area (Å²) < 4.78 is 19.2. The number of halogens is 2. The number of aliphatic hydroxyl groups is 1. The highest BCUT2D eigenvalue weighted by molar-refractivity contribution is 6.31. The van der Waals surface area contributed by atoms with Crippen molar-refractivity contribution < 1.29 is 9.50 Å². The Balaban J connectivity index is 1.61. The zero-order chi connectivity index (χ0) is 23.6. The smallest absolute Gasteiger partial charge is 0.330 e. The molecule has 9 nitrogen and oxygen atoms in total. The van der Waals surface area contributed by atoms with E-state index < -0.39 is 6.17 Å². The van der Waals surface area contributed by atoms with Gasteiger partial charge < -0.3 is 10.0 Å². The molecule has 3 aromatic heterocycles. The van der Waals surface area contributed by atoms with Crippen LogP contribution in [-0.4, -0.2) is 59.1 Å². The Morgan fingerprint density at radius 3 is 2.68 bits per heavy atom. The van der Waals surface area contributed by atoms with Crippen LogP contribution >= 0.6 is 11.6 Å². The standard InChI is InChI=1S/C23H25ClFN7O2/c1-29-19-20(30-9-8-14(25)11-30)27-22(31-12-26-17-7-2-13(24)10-18(17)31)28-21(19)32(23(29)34)15-3-5-16(33)6-4-15/h2,7,10,12,14-16,33H,3-6,8-9,11H2,1H3/t14-,15?,16?/m1/s1. The van der Waals surface area contributed by atoms with Crippen molar-refractivity contribution in [2.45, 2.75) is 50.4 Å². The molecule has 0 unspecified atom stereocenters. The Labute approximate surface area is 199 Å². The fraction of sp³-hybridized carbons (Fsp3) is 0.478. The fourth-order valence-electron chi connectivity index (χ4n) is 5.26. The maximum atomic E-state index is 14.2. The summed E-state index contributed by atoms with van der Waals surface area (Å²) in [6.45, 7) is 0.731. The van der Waals surface area contributed by atoms with E-state index in [2.05, 4.69) is 4.98 Å². The summed E-state index contributed by atoms with van der Waals surface area (Å²) in [7, 11) is 1.71. The minimum Gasteiger partial charge on any atom is -0.393 e. The van der Waals surface area contributed by atoms with E-state index in [1.54, 1.807) is 39.2 Å². The lowest BCUT2D eigenvalue weighted by Crippen LogP contribution is -2.30. The summed E-state index contributed by atoms with van der Waals surface area (Å²) in [5.74, 6) is 0.892. The highest BCUT2D eigenvalue weighted by Gasteiger charge is 2.31. The molecule has 1 N–H and O–H groups in total. The highest BCUT2D eigenvalue weighted by atomic mass is 35.5. The molecule has 2 fully saturated rings. The highest BCUT2D eigenvalue weighted by Crippen LogP contribution is 2.34. The lowest BCUT2D eigenvalue weighted by atomic mass is 9.93. The largest absolute Gasteiger partial charge is 0.393 e. The zero-order valence-corrected chi connectivity index (χ0v) is 19.5. The number of imidazole rings is 2. The predicted molar refractivity (Wildman–Crippen MR) is 128 cm³/mol. The van der Waals surface area contributed by atoms with Crippen LogP contribution in [0.3, 0.4) is 0 Å². The van der Waals surface area contributed by atoms with Gasteiger partial charge in [-0.05, 0) is 50.3 Å². The number of hydrogen-bond acceptors (Lipinski definition) is 6. The maximum Gasteiger partial charge on any atom is 0.330 e. The number of anilines is 1. The number of alkyl halides is 1. The van der Waals surface area contributed by atoms with Crippen molar-refractivity contribution in [2.75, 3.05) is 18.0 Å². The van der Waals surface area contributed by atoms with Crippen LogP contribution in [0.2, 0.25) is 5.02 Å². The van der Waals surface area contributed by atoms with Crippen molar-refractivity contribution in [1.29, 1.82) is 0 Å². The molecule has 34 heavy (non-hydrogen) atoms. The summed E-state index contributed by atoms with van der Waals surface area (Å²) in [4.78, 5) is 29.4. The molecule has 4 heterocycles. The zero-order valence-electron chi connectivity index (χ0n) is 18.7. The van der Waals surface area contributed by atoms with E-state index in [-0.39, 0.29) is 24.4 Å². The van der Waals surface area contributed by atoms with Crippen LogP contribution in [-0.2, 0) is 7.05 Å². The van der Waals surface area contributed by atoms with E-state index in [1.807, 2.05) is 11.0 Å². The summed E-state index contributed by atoms with van der Waals surface area (Å²) in [5.41, 5.74) is 2.41. The molecule has 1 saturated carbocycles. The Morgan fingerprint density at radius 1 is 1.15 bits per heavy atom. The van der Waals surface area contributed by atoms with Gasteiger partial charge in [0.05, 0.1) is 23.7 Å². The quantitative estimate of drug-likeness (QED) is 0.479. The number of rotatable bonds is 3. The van der Waals surface area contributed by atoms with Crippen molar-refractivity contribution >= 4 is 39.6 Å². The van der Waals surface area contributed by atoms with E-state index in [0.717, 1.165) is 11.0 Å². The first kappa shape index (κ1) is 21.5. The Bertz CT molecular complexity index is 1450. The second kappa shape index (κ2) is 8.06. The molecule has 178 valence electrons. The van der Waals surface area contributed by atoms with Crippen LogP contribution in [0.5, 0.6) is 0 Å². The fourth-order valence-corrected chi connectivity index (χ4v) is 5.43. The molecule has 0 radical (unpaired) electrons. The number of aromatic nitrogens is 6.